The number of nitrogens with zero attached hydrogens (tertiary/aromatic N) is 5. The first kappa shape index (κ1) is 16.5. The Labute approximate surface area is 152 Å². The van der Waals surface area contributed by atoms with Crippen molar-refractivity contribution in [2.24, 2.45) is 0 Å². The Morgan fingerprint density at radius 1 is 1.16 bits per heavy atom. The molecular weight excluding hydrogens is 356 g/mol. The van der Waals surface area contributed by atoms with Gasteiger partial charge in [-0.3, -0.25) is 4.79 Å². The van der Waals surface area contributed by atoms with E-state index in [1.807, 2.05) is 12.1 Å². The zero-order chi connectivity index (χ0) is 17.1. The first-order valence-corrected chi connectivity index (χ1v) is 10.2. The molecule has 1 N–H and O–H groups in total. The van der Waals surface area contributed by atoms with Crippen molar-refractivity contribution >= 4 is 39.1 Å². The lowest BCUT2D eigenvalue weighted by Crippen LogP contribution is -2.23. The topological polar surface area (TPSA) is 85.6 Å². The van der Waals surface area contributed by atoms with Crippen LogP contribution in [-0.4, -0.2) is 31.2 Å². The summed E-state index contributed by atoms with van der Waals surface area (Å²) in [5, 5.41) is 21.4. The summed E-state index contributed by atoms with van der Waals surface area (Å²) < 4.78 is 2.18. The monoisotopic (exact) mass is 374 g/mol. The molecule has 0 amide bonds. The lowest BCUT2D eigenvalue weighted by atomic mass is 9.96. The highest BCUT2D eigenvalue weighted by molar-refractivity contribution is 8.00. The normalized spacial score (nSPS) is 15.5. The zero-order valence-electron chi connectivity index (χ0n) is 13.6. The van der Waals surface area contributed by atoms with E-state index in [-0.39, 0.29) is 5.56 Å². The van der Waals surface area contributed by atoms with Gasteiger partial charge in [-0.2, -0.15) is 4.68 Å². The predicted octanol–water partition coefficient (Wildman–Crippen LogP) is 3.14. The second-order valence-electron chi connectivity index (χ2n) is 6.04. The first-order valence-electron chi connectivity index (χ1n) is 8.35. The molecule has 25 heavy (non-hydrogen) atoms. The largest absolute Gasteiger partial charge is 0.357 e. The molecule has 9 heteroatoms. The van der Waals surface area contributed by atoms with Gasteiger partial charge in [0.2, 0.25) is 5.13 Å². The van der Waals surface area contributed by atoms with Crippen molar-refractivity contribution in [2.45, 2.75) is 48.4 Å². The molecule has 0 saturated heterocycles. The molecule has 0 bridgehead atoms. The second-order valence-corrected chi connectivity index (χ2v) is 8.21. The van der Waals surface area contributed by atoms with Gasteiger partial charge in [-0.05, 0) is 25.0 Å². The summed E-state index contributed by atoms with van der Waals surface area (Å²) in [6.45, 7) is 0. The van der Waals surface area contributed by atoms with Crippen LogP contribution in [0.4, 0.5) is 5.13 Å². The van der Waals surface area contributed by atoms with Crippen LogP contribution in [0.2, 0.25) is 0 Å². The number of aromatic nitrogens is 5. The highest BCUT2D eigenvalue weighted by Gasteiger charge is 2.15. The van der Waals surface area contributed by atoms with E-state index >= 15 is 0 Å². The van der Waals surface area contributed by atoms with E-state index in [0.29, 0.717) is 22.8 Å². The van der Waals surface area contributed by atoms with Gasteiger partial charge in [0, 0.05) is 6.04 Å². The third-order valence-electron chi connectivity index (χ3n) is 4.28. The maximum Gasteiger partial charge on any atom is 0.278 e. The van der Waals surface area contributed by atoms with E-state index in [9.17, 15) is 4.79 Å². The average Bonchev–Trinajstić information content (AvgIpc) is 3.10. The van der Waals surface area contributed by atoms with Crippen molar-refractivity contribution in [3.63, 3.8) is 0 Å². The van der Waals surface area contributed by atoms with E-state index in [1.54, 1.807) is 12.1 Å². The van der Waals surface area contributed by atoms with Crippen LogP contribution in [-0.2, 0) is 5.88 Å². The Kier molecular flexibility index (Phi) is 4.93. The molecule has 1 saturated carbocycles. The molecule has 1 aliphatic carbocycles. The molecule has 0 aliphatic heterocycles. The average molecular weight is 374 g/mol. The summed E-state index contributed by atoms with van der Waals surface area (Å²) in [6, 6.07) is 7.74. The molecule has 4 rings (SSSR count). The molecule has 7 nitrogen and oxygen atoms in total. The third kappa shape index (κ3) is 3.82. The summed E-state index contributed by atoms with van der Waals surface area (Å²) >= 11 is 2.97. The van der Waals surface area contributed by atoms with Gasteiger partial charge in [-0.1, -0.05) is 59.7 Å². The van der Waals surface area contributed by atoms with Gasteiger partial charge in [-0.15, -0.1) is 15.3 Å². The van der Waals surface area contributed by atoms with Crippen molar-refractivity contribution in [3.8, 4) is 0 Å². The number of fused-ring (bicyclic) bond motifs is 1. The summed E-state index contributed by atoms with van der Waals surface area (Å²) in [5.74, 6) is 0.370. The van der Waals surface area contributed by atoms with E-state index in [4.69, 9.17) is 0 Å². The zero-order valence-corrected chi connectivity index (χ0v) is 15.2. The van der Waals surface area contributed by atoms with Gasteiger partial charge >= 0.3 is 0 Å². The van der Waals surface area contributed by atoms with Crippen molar-refractivity contribution in [1.29, 1.82) is 0 Å². The van der Waals surface area contributed by atoms with Crippen LogP contribution in [0.5, 0.6) is 0 Å². The smallest absolute Gasteiger partial charge is 0.278 e. The highest BCUT2D eigenvalue weighted by Crippen LogP contribution is 2.28. The molecule has 3 aromatic rings. The predicted molar refractivity (Wildman–Crippen MR) is 100 cm³/mol. The summed E-state index contributed by atoms with van der Waals surface area (Å²) in [7, 11) is 0. The van der Waals surface area contributed by atoms with Crippen molar-refractivity contribution in [1.82, 2.24) is 25.2 Å². The fraction of sp³-hybridized carbons (Fsp3) is 0.438. The van der Waals surface area contributed by atoms with Crippen LogP contribution in [0.15, 0.2) is 33.4 Å². The number of hydrogen-bond donors (Lipinski definition) is 1. The van der Waals surface area contributed by atoms with Crippen molar-refractivity contribution in [3.05, 3.63) is 34.6 Å². The quantitative estimate of drug-likeness (QED) is 0.687. The number of hydrogen-bond acceptors (Lipinski definition) is 8. The van der Waals surface area contributed by atoms with Gasteiger partial charge in [0.1, 0.15) is 5.52 Å². The van der Waals surface area contributed by atoms with Crippen LogP contribution in [0.25, 0.3) is 10.9 Å². The van der Waals surface area contributed by atoms with Crippen molar-refractivity contribution < 1.29 is 0 Å². The highest BCUT2D eigenvalue weighted by atomic mass is 32.2. The first-order chi connectivity index (χ1) is 12.3. The lowest BCUT2D eigenvalue weighted by Gasteiger charge is -2.21. The Morgan fingerprint density at radius 2 is 2.00 bits per heavy atom. The van der Waals surface area contributed by atoms with Gasteiger partial charge in [0.05, 0.1) is 11.3 Å². The lowest BCUT2D eigenvalue weighted by molar-refractivity contribution is 0.462. The molecule has 0 radical (unpaired) electrons. The minimum atomic E-state index is -0.136. The van der Waals surface area contributed by atoms with E-state index in [2.05, 4.69) is 25.8 Å². The molecule has 1 aliphatic rings. The minimum Gasteiger partial charge on any atom is -0.357 e. The number of rotatable bonds is 5. The number of benzene rings is 1. The van der Waals surface area contributed by atoms with Crippen LogP contribution < -0.4 is 10.9 Å². The van der Waals surface area contributed by atoms with Crippen molar-refractivity contribution in [2.75, 3.05) is 5.32 Å². The SMILES string of the molecule is O=c1c2ccccc2nnn1CSc1nnc(NC2CCCCC2)s1. The summed E-state index contributed by atoms with van der Waals surface area (Å²) in [4.78, 5) is 12.4. The van der Waals surface area contributed by atoms with E-state index in [1.165, 1.54) is 59.9 Å². The number of nitrogens with one attached hydrogen (secondary N) is 1. The van der Waals surface area contributed by atoms with Crippen LogP contribution in [0.1, 0.15) is 32.1 Å². The standard InChI is InChI=1S/C16H18N6OS2/c23-14-12-8-4-5-9-13(12)18-21-22(14)10-24-16-20-19-15(25-16)17-11-6-2-1-3-7-11/h4-5,8-9,11H,1-3,6-7,10H2,(H,17,19). The molecule has 1 fully saturated rings. The molecule has 130 valence electrons. The Morgan fingerprint density at radius 3 is 2.88 bits per heavy atom. The van der Waals surface area contributed by atoms with Crippen LogP contribution in [0.3, 0.4) is 0 Å². The minimum absolute atomic E-state index is 0.136. The Hall–Kier alpha value is -2.00. The Balaban J connectivity index is 1.41. The molecule has 1 aromatic carbocycles. The molecule has 2 aromatic heterocycles. The molecule has 0 unspecified atom stereocenters. The van der Waals surface area contributed by atoms with Crippen LogP contribution in [0, 0.1) is 0 Å². The molecule has 0 atom stereocenters. The second kappa shape index (κ2) is 7.49. The van der Waals surface area contributed by atoms with Crippen LogP contribution >= 0.6 is 23.1 Å². The fourth-order valence-corrected chi connectivity index (χ4v) is 4.66. The number of anilines is 1. The Bertz CT molecular complexity index is 918. The van der Waals surface area contributed by atoms with Gasteiger partial charge < -0.3 is 5.32 Å². The van der Waals surface area contributed by atoms with Gasteiger partial charge in [-0.25, -0.2) is 0 Å². The van der Waals surface area contributed by atoms with Gasteiger partial charge in [0.15, 0.2) is 4.34 Å². The summed E-state index contributed by atoms with van der Waals surface area (Å²) in [5.41, 5.74) is 0.479. The van der Waals surface area contributed by atoms with Gasteiger partial charge in [0.25, 0.3) is 5.56 Å². The number of thioether (sulfide) groups is 1. The molecule has 0 spiro atoms. The fourth-order valence-electron chi connectivity index (χ4n) is 2.97. The molecule has 2 heterocycles. The van der Waals surface area contributed by atoms with E-state index < -0.39 is 0 Å². The third-order valence-corrected chi connectivity index (χ3v) is 6.23. The maximum absolute atomic E-state index is 12.4. The summed E-state index contributed by atoms with van der Waals surface area (Å²) in [6.07, 6.45) is 6.29. The molecular formula is C16H18N6OS2. The maximum atomic E-state index is 12.4. The van der Waals surface area contributed by atoms with E-state index in [0.717, 1.165) is 9.47 Å².